The van der Waals surface area contributed by atoms with E-state index in [0.717, 1.165) is 19.6 Å². The Morgan fingerprint density at radius 3 is 2.41 bits per heavy atom. The number of amides is 1. The van der Waals surface area contributed by atoms with Crippen LogP contribution >= 0.6 is 11.6 Å². The molecule has 0 atom stereocenters. The van der Waals surface area contributed by atoms with Gasteiger partial charge in [-0.15, -0.1) is 0 Å². The van der Waals surface area contributed by atoms with E-state index >= 15 is 0 Å². The van der Waals surface area contributed by atoms with E-state index in [1.165, 1.54) is 28.7 Å². The van der Waals surface area contributed by atoms with Crippen LogP contribution in [0.2, 0.25) is 5.15 Å². The Morgan fingerprint density at radius 2 is 1.81 bits per heavy atom. The number of rotatable bonds is 5. The maximum Gasteiger partial charge on any atom is 0.255 e. The number of anilines is 1. The molecule has 2 heterocycles. The van der Waals surface area contributed by atoms with Crippen molar-refractivity contribution in [2.24, 2.45) is 0 Å². The van der Waals surface area contributed by atoms with Crippen LogP contribution in [0.3, 0.4) is 0 Å². The van der Waals surface area contributed by atoms with E-state index in [1.54, 1.807) is 18.2 Å². The first-order valence-electron chi connectivity index (χ1n) is 8.65. The molecule has 1 aromatic carbocycles. The molecule has 2 aromatic rings. The summed E-state index contributed by atoms with van der Waals surface area (Å²) in [5.74, 6) is -0.342. The molecule has 27 heavy (non-hydrogen) atoms. The number of carbonyl (C=O) groups is 1. The topological polar surface area (TPSA) is 82.6 Å². The molecular weight excluding hydrogens is 388 g/mol. The highest BCUT2D eigenvalue weighted by Gasteiger charge is 2.27. The molecule has 1 N–H and O–H groups in total. The molecule has 144 valence electrons. The number of aromatic nitrogens is 1. The fourth-order valence-electron chi connectivity index (χ4n) is 2.89. The summed E-state index contributed by atoms with van der Waals surface area (Å²) in [4.78, 5) is 18.5. The van der Waals surface area contributed by atoms with Gasteiger partial charge in [-0.05, 0) is 42.9 Å². The van der Waals surface area contributed by atoms with Gasteiger partial charge in [-0.2, -0.15) is 4.31 Å². The molecule has 1 fully saturated rings. The Hall–Kier alpha value is -2.00. The van der Waals surface area contributed by atoms with Gasteiger partial charge < -0.3 is 10.2 Å². The summed E-state index contributed by atoms with van der Waals surface area (Å²) in [7, 11) is -3.53. The number of halogens is 1. The second-order valence-corrected chi connectivity index (χ2v) is 8.51. The van der Waals surface area contributed by atoms with Crippen LogP contribution in [-0.2, 0) is 10.0 Å². The lowest BCUT2D eigenvalue weighted by Crippen LogP contribution is -2.48. The Bertz CT molecular complexity index is 910. The molecule has 0 saturated carbocycles. The van der Waals surface area contributed by atoms with Gasteiger partial charge in [-0.25, -0.2) is 13.4 Å². The van der Waals surface area contributed by atoms with Crippen molar-refractivity contribution >= 4 is 33.2 Å². The molecule has 0 aliphatic carbocycles. The standard InChI is InChI=1S/C18H21ClN4O3S/c1-2-22-9-11-23(12-10-22)27(25,26)16-5-3-15(4-6-16)21-18(24)14-7-8-20-17(19)13-14/h3-8,13H,2,9-12H2,1H3,(H,21,24). The van der Waals surface area contributed by atoms with Gasteiger partial charge in [0.2, 0.25) is 10.0 Å². The zero-order chi connectivity index (χ0) is 19.4. The molecule has 7 nitrogen and oxygen atoms in total. The average molecular weight is 409 g/mol. The van der Waals surface area contributed by atoms with Crippen molar-refractivity contribution in [1.29, 1.82) is 0 Å². The highest BCUT2D eigenvalue weighted by molar-refractivity contribution is 7.89. The average Bonchev–Trinajstić information content (AvgIpc) is 2.68. The van der Waals surface area contributed by atoms with E-state index in [9.17, 15) is 13.2 Å². The molecule has 1 aliphatic heterocycles. The van der Waals surface area contributed by atoms with Crippen molar-refractivity contribution in [2.45, 2.75) is 11.8 Å². The normalized spacial score (nSPS) is 16.2. The van der Waals surface area contributed by atoms with E-state index in [4.69, 9.17) is 11.6 Å². The van der Waals surface area contributed by atoms with E-state index < -0.39 is 10.0 Å². The molecule has 1 aliphatic rings. The Balaban J connectivity index is 1.68. The van der Waals surface area contributed by atoms with E-state index in [1.807, 2.05) is 0 Å². The third kappa shape index (κ3) is 4.65. The second kappa shape index (κ2) is 8.35. The summed E-state index contributed by atoms with van der Waals surface area (Å²) in [5.41, 5.74) is 0.878. The van der Waals surface area contributed by atoms with Crippen LogP contribution < -0.4 is 5.32 Å². The third-order valence-electron chi connectivity index (χ3n) is 4.52. The smallest absolute Gasteiger partial charge is 0.255 e. The van der Waals surface area contributed by atoms with Crippen LogP contribution in [0.4, 0.5) is 5.69 Å². The lowest BCUT2D eigenvalue weighted by molar-refractivity contribution is 0.102. The number of benzene rings is 1. The fraction of sp³-hybridized carbons (Fsp3) is 0.333. The van der Waals surface area contributed by atoms with Crippen molar-refractivity contribution in [2.75, 3.05) is 38.0 Å². The number of hydrogen-bond acceptors (Lipinski definition) is 5. The zero-order valence-electron chi connectivity index (χ0n) is 14.9. The summed E-state index contributed by atoms with van der Waals surface area (Å²) in [6.07, 6.45) is 1.45. The lowest BCUT2D eigenvalue weighted by Gasteiger charge is -2.33. The lowest BCUT2D eigenvalue weighted by atomic mass is 10.2. The van der Waals surface area contributed by atoms with Crippen LogP contribution in [0, 0.1) is 0 Å². The number of piperazine rings is 1. The Morgan fingerprint density at radius 1 is 1.15 bits per heavy atom. The van der Waals surface area contributed by atoms with Gasteiger partial charge in [0.05, 0.1) is 4.90 Å². The monoisotopic (exact) mass is 408 g/mol. The summed E-state index contributed by atoms with van der Waals surface area (Å²) in [6.45, 7) is 5.42. The number of hydrogen-bond donors (Lipinski definition) is 1. The first kappa shape index (κ1) is 19.8. The first-order chi connectivity index (χ1) is 12.9. The minimum Gasteiger partial charge on any atom is -0.322 e. The number of nitrogens with zero attached hydrogens (tertiary/aromatic N) is 3. The number of likely N-dealkylation sites (N-methyl/N-ethyl adjacent to an activating group) is 1. The van der Waals surface area contributed by atoms with Gasteiger partial charge in [0.15, 0.2) is 0 Å². The predicted octanol–water partition coefficient (Wildman–Crippen LogP) is 2.31. The highest BCUT2D eigenvalue weighted by atomic mass is 35.5. The van der Waals surface area contributed by atoms with Crippen LogP contribution in [0.5, 0.6) is 0 Å². The molecule has 0 radical (unpaired) electrons. The SMILES string of the molecule is CCN1CCN(S(=O)(=O)c2ccc(NC(=O)c3ccnc(Cl)c3)cc2)CC1. The van der Waals surface area contributed by atoms with Crippen molar-refractivity contribution < 1.29 is 13.2 Å². The molecule has 1 saturated heterocycles. The van der Waals surface area contributed by atoms with Gasteiger partial charge in [0.25, 0.3) is 5.91 Å². The minimum absolute atomic E-state index is 0.220. The second-order valence-electron chi connectivity index (χ2n) is 6.18. The molecule has 3 rings (SSSR count). The fourth-order valence-corrected chi connectivity index (χ4v) is 4.49. The van der Waals surface area contributed by atoms with Crippen LogP contribution in [0.1, 0.15) is 17.3 Å². The number of carbonyl (C=O) groups excluding carboxylic acids is 1. The maximum absolute atomic E-state index is 12.8. The Labute approximate surface area is 164 Å². The minimum atomic E-state index is -3.53. The highest BCUT2D eigenvalue weighted by Crippen LogP contribution is 2.20. The van der Waals surface area contributed by atoms with Crippen molar-refractivity contribution in [1.82, 2.24) is 14.2 Å². The quantitative estimate of drug-likeness (QED) is 0.767. The van der Waals surface area contributed by atoms with Crippen molar-refractivity contribution in [3.05, 3.63) is 53.3 Å². The van der Waals surface area contributed by atoms with Gasteiger partial charge >= 0.3 is 0 Å². The Kier molecular flexibility index (Phi) is 6.11. The molecule has 0 bridgehead atoms. The molecule has 1 aromatic heterocycles. The van der Waals surface area contributed by atoms with Crippen molar-refractivity contribution in [3.63, 3.8) is 0 Å². The van der Waals surface area contributed by atoms with Gasteiger partial charge in [-0.1, -0.05) is 18.5 Å². The molecule has 9 heteroatoms. The number of pyridine rings is 1. The maximum atomic E-state index is 12.8. The number of sulfonamides is 1. The zero-order valence-corrected chi connectivity index (χ0v) is 16.5. The first-order valence-corrected chi connectivity index (χ1v) is 10.5. The molecule has 0 spiro atoms. The van der Waals surface area contributed by atoms with Gasteiger partial charge in [-0.3, -0.25) is 4.79 Å². The van der Waals surface area contributed by atoms with Gasteiger partial charge in [0, 0.05) is 43.6 Å². The third-order valence-corrected chi connectivity index (χ3v) is 6.64. The summed E-state index contributed by atoms with van der Waals surface area (Å²) in [6, 6.07) is 9.20. The molecule has 1 amide bonds. The van der Waals surface area contributed by atoms with E-state index in [-0.39, 0.29) is 16.0 Å². The summed E-state index contributed by atoms with van der Waals surface area (Å²) < 4.78 is 27.1. The molecule has 0 unspecified atom stereocenters. The van der Waals surface area contributed by atoms with Crippen LogP contribution in [0.25, 0.3) is 0 Å². The van der Waals surface area contributed by atoms with Gasteiger partial charge in [0.1, 0.15) is 5.15 Å². The largest absolute Gasteiger partial charge is 0.322 e. The predicted molar refractivity (Wildman–Crippen MR) is 105 cm³/mol. The van der Waals surface area contributed by atoms with E-state index in [0.29, 0.717) is 24.3 Å². The summed E-state index contributed by atoms with van der Waals surface area (Å²) >= 11 is 5.79. The number of nitrogens with one attached hydrogen (secondary N) is 1. The summed E-state index contributed by atoms with van der Waals surface area (Å²) in [5, 5.41) is 2.95. The molecular formula is C18H21ClN4O3S. The van der Waals surface area contributed by atoms with Crippen LogP contribution in [0.15, 0.2) is 47.5 Å². The van der Waals surface area contributed by atoms with E-state index in [2.05, 4.69) is 22.1 Å². The van der Waals surface area contributed by atoms with Crippen LogP contribution in [-0.4, -0.2) is 61.2 Å². The van der Waals surface area contributed by atoms with Crippen molar-refractivity contribution in [3.8, 4) is 0 Å².